The maximum Gasteiger partial charge on any atom is 0.257 e. The van der Waals surface area contributed by atoms with Crippen LogP contribution < -0.4 is 5.32 Å². The van der Waals surface area contributed by atoms with Gasteiger partial charge in [0.05, 0.1) is 18.3 Å². The molecule has 2 N–H and O–H groups in total. The second-order valence-corrected chi connectivity index (χ2v) is 3.50. The van der Waals surface area contributed by atoms with Crippen LogP contribution >= 0.6 is 0 Å². The number of likely N-dealkylation sites (N-methyl/N-ethyl adjacent to an activating group) is 1. The lowest BCUT2D eigenvalue weighted by molar-refractivity contribution is -0.121. The van der Waals surface area contributed by atoms with Gasteiger partial charge in [0.15, 0.2) is 0 Å². The summed E-state index contributed by atoms with van der Waals surface area (Å²) in [5, 5.41) is 8.94. The topological polar surface area (TPSA) is 78.1 Å². The van der Waals surface area contributed by atoms with Gasteiger partial charge in [0.25, 0.3) is 5.91 Å². The van der Waals surface area contributed by atoms with E-state index in [-0.39, 0.29) is 18.4 Å². The minimum Gasteiger partial charge on any atom is -0.355 e. The summed E-state index contributed by atoms with van der Waals surface area (Å²) in [6.45, 7) is 2.66. The van der Waals surface area contributed by atoms with E-state index in [1.165, 1.54) is 17.3 Å². The van der Waals surface area contributed by atoms with Crippen LogP contribution in [0, 0.1) is 0 Å². The highest BCUT2D eigenvalue weighted by Gasteiger charge is 2.14. The molecule has 0 aromatic carbocycles. The van der Waals surface area contributed by atoms with Crippen LogP contribution in [0.2, 0.25) is 0 Å². The predicted molar refractivity (Wildman–Crippen MR) is 58.8 cm³/mol. The Morgan fingerprint density at radius 2 is 2.31 bits per heavy atom. The first-order chi connectivity index (χ1) is 7.65. The Balaban J connectivity index is 2.43. The summed E-state index contributed by atoms with van der Waals surface area (Å²) >= 11 is 0. The zero-order valence-corrected chi connectivity index (χ0v) is 9.49. The number of hydrogen-bond donors (Lipinski definition) is 2. The number of rotatable bonds is 5. The Morgan fingerprint density at radius 1 is 1.56 bits per heavy atom. The Morgan fingerprint density at radius 3 is 2.88 bits per heavy atom. The molecule has 0 radical (unpaired) electrons. The van der Waals surface area contributed by atoms with E-state index in [9.17, 15) is 9.59 Å². The Labute approximate surface area is 94.0 Å². The largest absolute Gasteiger partial charge is 0.355 e. The third kappa shape index (κ3) is 3.38. The minimum atomic E-state index is -0.222. The summed E-state index contributed by atoms with van der Waals surface area (Å²) in [6.07, 6.45) is 3.82. The number of carbonyl (C=O) groups is 2. The van der Waals surface area contributed by atoms with E-state index < -0.39 is 0 Å². The van der Waals surface area contributed by atoms with Crippen molar-refractivity contribution in [2.24, 2.45) is 0 Å². The molecule has 0 saturated carbocycles. The van der Waals surface area contributed by atoms with Crippen LogP contribution in [-0.4, -0.2) is 47.0 Å². The van der Waals surface area contributed by atoms with Crippen molar-refractivity contribution in [2.45, 2.75) is 13.3 Å². The molecule has 0 atom stereocenters. The summed E-state index contributed by atoms with van der Waals surface area (Å²) in [4.78, 5) is 24.4. The quantitative estimate of drug-likeness (QED) is 0.739. The predicted octanol–water partition coefficient (Wildman–Crippen LogP) is 0.00790. The zero-order valence-electron chi connectivity index (χ0n) is 9.49. The molecule has 0 fully saturated rings. The molecule has 0 aliphatic rings. The number of aromatic nitrogens is 2. The average molecular weight is 224 g/mol. The highest BCUT2D eigenvalue weighted by Crippen LogP contribution is 1.99. The van der Waals surface area contributed by atoms with Crippen molar-refractivity contribution in [3.8, 4) is 0 Å². The highest BCUT2D eigenvalue weighted by atomic mass is 16.2. The lowest BCUT2D eigenvalue weighted by Gasteiger charge is -2.15. The van der Waals surface area contributed by atoms with Crippen LogP contribution in [0.1, 0.15) is 23.7 Å². The maximum absolute atomic E-state index is 11.7. The summed E-state index contributed by atoms with van der Waals surface area (Å²) in [5.41, 5.74) is 0.450. The summed E-state index contributed by atoms with van der Waals surface area (Å²) in [5.74, 6) is -0.374. The SMILES string of the molecule is CCCNC(=O)CN(C)C(=O)c1cn[nH]c1. The molecule has 6 heteroatoms. The molecule has 1 aromatic rings. The second kappa shape index (κ2) is 5.89. The van der Waals surface area contributed by atoms with E-state index in [0.29, 0.717) is 12.1 Å². The molecule has 6 nitrogen and oxygen atoms in total. The van der Waals surface area contributed by atoms with Gasteiger partial charge in [0.2, 0.25) is 5.91 Å². The number of carbonyl (C=O) groups excluding carboxylic acids is 2. The molecular weight excluding hydrogens is 208 g/mol. The van der Waals surface area contributed by atoms with Gasteiger partial charge in [-0.05, 0) is 6.42 Å². The van der Waals surface area contributed by atoms with Crippen molar-refractivity contribution in [1.29, 1.82) is 0 Å². The average Bonchev–Trinajstić information content (AvgIpc) is 2.78. The second-order valence-electron chi connectivity index (χ2n) is 3.50. The molecule has 0 spiro atoms. The fraction of sp³-hybridized carbons (Fsp3) is 0.500. The van der Waals surface area contributed by atoms with Crippen LogP contribution in [0.15, 0.2) is 12.4 Å². The monoisotopic (exact) mass is 224 g/mol. The van der Waals surface area contributed by atoms with Gasteiger partial charge in [0, 0.05) is 19.8 Å². The standard InChI is InChI=1S/C10H16N4O2/c1-3-4-11-9(15)7-14(2)10(16)8-5-12-13-6-8/h5-6H,3-4,7H2,1-2H3,(H,11,15)(H,12,13). The summed E-state index contributed by atoms with van der Waals surface area (Å²) < 4.78 is 0. The van der Waals surface area contributed by atoms with Gasteiger partial charge in [-0.3, -0.25) is 14.7 Å². The van der Waals surface area contributed by atoms with E-state index in [1.807, 2.05) is 6.92 Å². The maximum atomic E-state index is 11.7. The van der Waals surface area contributed by atoms with Crippen LogP contribution in [0.4, 0.5) is 0 Å². The van der Waals surface area contributed by atoms with Crippen LogP contribution in [0.25, 0.3) is 0 Å². The number of nitrogens with one attached hydrogen (secondary N) is 2. The van der Waals surface area contributed by atoms with Gasteiger partial charge in [-0.15, -0.1) is 0 Å². The molecule has 0 aliphatic carbocycles. The number of aromatic amines is 1. The molecule has 0 saturated heterocycles. The van der Waals surface area contributed by atoms with Gasteiger partial charge in [-0.2, -0.15) is 5.10 Å². The van der Waals surface area contributed by atoms with Crippen LogP contribution in [0.3, 0.4) is 0 Å². The fourth-order valence-electron chi connectivity index (χ4n) is 1.20. The Bertz CT molecular complexity index is 348. The van der Waals surface area contributed by atoms with E-state index in [4.69, 9.17) is 0 Å². The Hall–Kier alpha value is -1.85. The zero-order chi connectivity index (χ0) is 12.0. The van der Waals surface area contributed by atoms with Gasteiger partial charge in [-0.25, -0.2) is 0 Å². The van der Waals surface area contributed by atoms with Crippen LogP contribution in [0.5, 0.6) is 0 Å². The van der Waals surface area contributed by atoms with Gasteiger partial charge >= 0.3 is 0 Å². The number of nitrogens with zero attached hydrogens (tertiary/aromatic N) is 2. The van der Waals surface area contributed by atoms with E-state index >= 15 is 0 Å². The van der Waals surface area contributed by atoms with Crippen molar-refractivity contribution in [3.05, 3.63) is 18.0 Å². The molecule has 1 rings (SSSR count). The lowest BCUT2D eigenvalue weighted by Crippen LogP contribution is -2.38. The summed E-state index contributed by atoms with van der Waals surface area (Å²) in [7, 11) is 1.58. The molecule has 0 aliphatic heterocycles. The van der Waals surface area contributed by atoms with Gasteiger partial charge in [-0.1, -0.05) is 6.92 Å². The number of H-pyrrole nitrogens is 1. The molecule has 1 heterocycles. The highest BCUT2D eigenvalue weighted by molar-refractivity contribution is 5.95. The van der Waals surface area contributed by atoms with E-state index in [0.717, 1.165) is 6.42 Å². The Kier molecular flexibility index (Phi) is 4.50. The first kappa shape index (κ1) is 12.2. The van der Waals surface area contributed by atoms with E-state index in [2.05, 4.69) is 15.5 Å². The van der Waals surface area contributed by atoms with Gasteiger partial charge in [0.1, 0.15) is 0 Å². The van der Waals surface area contributed by atoms with Crippen molar-refractivity contribution >= 4 is 11.8 Å². The van der Waals surface area contributed by atoms with Gasteiger partial charge < -0.3 is 10.2 Å². The summed E-state index contributed by atoms with van der Waals surface area (Å²) in [6, 6.07) is 0. The van der Waals surface area contributed by atoms with Crippen molar-refractivity contribution in [1.82, 2.24) is 20.4 Å². The molecule has 0 bridgehead atoms. The normalized spacial score (nSPS) is 9.88. The third-order valence-electron chi connectivity index (χ3n) is 2.04. The minimum absolute atomic E-state index is 0.0595. The van der Waals surface area contributed by atoms with Crippen molar-refractivity contribution in [2.75, 3.05) is 20.1 Å². The number of hydrogen-bond acceptors (Lipinski definition) is 3. The molecule has 1 aromatic heterocycles. The van der Waals surface area contributed by atoms with Crippen LogP contribution in [-0.2, 0) is 4.79 Å². The van der Waals surface area contributed by atoms with E-state index in [1.54, 1.807) is 7.05 Å². The third-order valence-corrected chi connectivity index (χ3v) is 2.04. The molecule has 16 heavy (non-hydrogen) atoms. The van der Waals surface area contributed by atoms with Crippen molar-refractivity contribution in [3.63, 3.8) is 0 Å². The van der Waals surface area contributed by atoms with Crippen molar-refractivity contribution < 1.29 is 9.59 Å². The first-order valence-corrected chi connectivity index (χ1v) is 5.16. The first-order valence-electron chi connectivity index (χ1n) is 5.16. The molecule has 88 valence electrons. The number of amides is 2. The molecule has 2 amide bonds. The molecular formula is C10H16N4O2. The smallest absolute Gasteiger partial charge is 0.257 e. The fourth-order valence-corrected chi connectivity index (χ4v) is 1.20. The molecule has 0 unspecified atom stereocenters. The lowest BCUT2D eigenvalue weighted by atomic mass is 10.3.